The summed E-state index contributed by atoms with van der Waals surface area (Å²) < 4.78 is 0. The van der Waals surface area contributed by atoms with E-state index in [-0.39, 0.29) is 40.3 Å². The number of nitrogens with one attached hydrogen (secondary N) is 3. The number of aromatic amines is 1. The van der Waals surface area contributed by atoms with E-state index in [1.54, 1.807) is 6.07 Å². The number of nitrogens with zero attached hydrogens (tertiary/aromatic N) is 2. The minimum absolute atomic E-state index is 0.0607. The molecule has 3 aromatic rings. The molecule has 0 unspecified atom stereocenters. The van der Waals surface area contributed by atoms with Gasteiger partial charge in [-0.2, -0.15) is 0 Å². The second-order valence-electron chi connectivity index (χ2n) is 8.22. The number of benzene rings is 2. The summed E-state index contributed by atoms with van der Waals surface area (Å²) in [4.78, 5) is 55.6. The van der Waals surface area contributed by atoms with Crippen LogP contribution in [0, 0.1) is 10.1 Å². The lowest BCUT2D eigenvalue weighted by Crippen LogP contribution is -2.55. The monoisotopic (exact) mass is 519 g/mol. The fraction of sp³-hybridized carbons (Fsp3) is 0.273. The van der Waals surface area contributed by atoms with Crippen LogP contribution in [0.5, 0.6) is 0 Å². The van der Waals surface area contributed by atoms with E-state index in [0.29, 0.717) is 23.6 Å². The van der Waals surface area contributed by atoms with Crippen LogP contribution in [-0.2, 0) is 4.79 Å². The van der Waals surface area contributed by atoms with E-state index in [4.69, 9.17) is 23.2 Å². The molecule has 0 atom stereocenters. The zero-order valence-corrected chi connectivity index (χ0v) is 19.6. The van der Waals surface area contributed by atoms with Gasteiger partial charge in [-0.05, 0) is 31.0 Å². The molecule has 4 rings (SSSR count). The number of hydrogen-bond donors (Lipinski definition) is 4. The molecular weight excluding hydrogens is 501 g/mol. The Morgan fingerprint density at radius 1 is 1.11 bits per heavy atom. The topological polar surface area (TPSA) is 167 Å². The second kappa shape index (κ2) is 9.51. The quantitative estimate of drug-likeness (QED) is 0.274. The van der Waals surface area contributed by atoms with E-state index in [1.807, 2.05) is 0 Å². The zero-order chi connectivity index (χ0) is 25.3. The van der Waals surface area contributed by atoms with Gasteiger partial charge in [-0.25, -0.2) is 9.78 Å². The summed E-state index contributed by atoms with van der Waals surface area (Å²) in [5.74, 6) is -2.12. The van der Waals surface area contributed by atoms with E-state index >= 15 is 0 Å². The summed E-state index contributed by atoms with van der Waals surface area (Å²) in [6.45, 7) is 0. The van der Waals surface area contributed by atoms with E-state index in [2.05, 4.69) is 20.6 Å². The van der Waals surface area contributed by atoms with Gasteiger partial charge < -0.3 is 15.7 Å². The number of carbonyl (C=O) groups is 2. The molecule has 1 aliphatic rings. The molecule has 1 aromatic heterocycles. The van der Waals surface area contributed by atoms with E-state index in [9.17, 15) is 29.6 Å². The average Bonchev–Trinajstić information content (AvgIpc) is 2.81. The summed E-state index contributed by atoms with van der Waals surface area (Å²) in [5, 5.41) is 27.0. The largest absolute Gasteiger partial charge is 0.480 e. The Morgan fingerprint density at radius 3 is 2.46 bits per heavy atom. The number of carboxylic acids is 1. The predicted octanol–water partition coefficient (Wildman–Crippen LogP) is 4.40. The van der Waals surface area contributed by atoms with Crippen molar-refractivity contribution in [2.24, 2.45) is 0 Å². The molecule has 182 valence electrons. The molecule has 1 saturated carbocycles. The zero-order valence-electron chi connectivity index (χ0n) is 18.1. The number of nitro groups is 1. The van der Waals surface area contributed by atoms with Crippen LogP contribution in [0.3, 0.4) is 0 Å². The van der Waals surface area contributed by atoms with Crippen LogP contribution in [0.25, 0.3) is 10.9 Å². The molecule has 0 bridgehead atoms. The molecule has 13 heteroatoms. The number of non-ortho nitro benzene ring substituents is 1. The molecule has 1 aliphatic carbocycles. The van der Waals surface area contributed by atoms with Crippen LogP contribution in [0.4, 0.5) is 17.3 Å². The van der Waals surface area contributed by atoms with Crippen molar-refractivity contribution in [3.63, 3.8) is 0 Å². The number of carbonyl (C=O) groups excluding carboxylic acids is 1. The van der Waals surface area contributed by atoms with Crippen molar-refractivity contribution < 1.29 is 19.6 Å². The number of aromatic nitrogens is 2. The summed E-state index contributed by atoms with van der Waals surface area (Å²) in [6.07, 6.45) is 2.50. The predicted molar refractivity (Wildman–Crippen MR) is 130 cm³/mol. The highest BCUT2D eigenvalue weighted by Crippen LogP contribution is 2.31. The van der Waals surface area contributed by atoms with E-state index in [0.717, 1.165) is 18.6 Å². The van der Waals surface area contributed by atoms with Crippen LogP contribution in [0.1, 0.15) is 42.5 Å². The number of amides is 1. The number of carboxylic acid groups (broad SMARTS) is 1. The first-order chi connectivity index (χ1) is 16.6. The third-order valence-electron chi connectivity index (χ3n) is 5.90. The molecular formula is C22H19Cl2N5O6. The Morgan fingerprint density at radius 2 is 1.83 bits per heavy atom. The number of aliphatic carboxylic acids is 1. The maximum Gasteiger partial charge on any atom is 0.329 e. The molecule has 11 nitrogen and oxygen atoms in total. The Hall–Kier alpha value is -3.70. The highest BCUT2D eigenvalue weighted by Gasteiger charge is 2.41. The van der Waals surface area contributed by atoms with Crippen LogP contribution in [0.15, 0.2) is 35.1 Å². The van der Waals surface area contributed by atoms with Gasteiger partial charge in [0.15, 0.2) is 0 Å². The number of nitro benzene ring substituents is 1. The minimum Gasteiger partial charge on any atom is -0.480 e. The molecule has 2 aromatic carbocycles. The first kappa shape index (κ1) is 24.4. The summed E-state index contributed by atoms with van der Waals surface area (Å²) >= 11 is 11.9. The maximum atomic E-state index is 13.3. The van der Waals surface area contributed by atoms with E-state index < -0.39 is 33.6 Å². The third-order valence-corrected chi connectivity index (χ3v) is 6.64. The van der Waals surface area contributed by atoms with Crippen LogP contribution in [-0.4, -0.2) is 37.4 Å². The number of hydrogen-bond acceptors (Lipinski definition) is 7. The molecule has 1 heterocycles. The highest BCUT2D eigenvalue weighted by molar-refractivity contribution is 6.42. The third kappa shape index (κ3) is 4.91. The molecule has 1 fully saturated rings. The number of anilines is 2. The van der Waals surface area contributed by atoms with Gasteiger partial charge in [-0.3, -0.25) is 24.7 Å². The first-order valence-electron chi connectivity index (χ1n) is 10.6. The van der Waals surface area contributed by atoms with Gasteiger partial charge >= 0.3 is 5.97 Å². The molecule has 0 spiro atoms. The molecule has 0 saturated heterocycles. The van der Waals surface area contributed by atoms with Crippen molar-refractivity contribution in [3.8, 4) is 0 Å². The van der Waals surface area contributed by atoms with Crippen molar-refractivity contribution in [3.05, 3.63) is 66.4 Å². The van der Waals surface area contributed by atoms with Gasteiger partial charge in [0.1, 0.15) is 5.54 Å². The second-order valence-corrected chi connectivity index (χ2v) is 9.03. The van der Waals surface area contributed by atoms with Crippen LogP contribution < -0.4 is 16.2 Å². The molecule has 1 amide bonds. The Kier molecular flexibility index (Phi) is 6.64. The van der Waals surface area contributed by atoms with Gasteiger partial charge in [0.05, 0.1) is 31.4 Å². The molecule has 0 radical (unpaired) electrons. The fourth-order valence-electron chi connectivity index (χ4n) is 4.11. The molecule has 35 heavy (non-hydrogen) atoms. The molecule has 0 aliphatic heterocycles. The number of rotatable bonds is 6. The van der Waals surface area contributed by atoms with Gasteiger partial charge in [-0.15, -0.1) is 0 Å². The summed E-state index contributed by atoms with van der Waals surface area (Å²) in [6, 6.07) is 6.60. The lowest BCUT2D eigenvalue weighted by atomic mass is 9.81. The SMILES string of the molecule is O=C(NC1(C(=O)O)CCCCC1)c1cc([N+](=O)[O-])cc2c(=O)[nH]c(Nc3ccc(Cl)c(Cl)c3)nc12. The lowest BCUT2D eigenvalue weighted by Gasteiger charge is -2.34. The van der Waals surface area contributed by atoms with Crippen LogP contribution >= 0.6 is 23.2 Å². The molecule has 4 N–H and O–H groups in total. The van der Waals surface area contributed by atoms with Gasteiger partial charge in [0.2, 0.25) is 5.95 Å². The first-order valence-corrected chi connectivity index (χ1v) is 11.4. The fourth-order valence-corrected chi connectivity index (χ4v) is 4.41. The van der Waals surface area contributed by atoms with Crippen molar-refractivity contribution in [2.45, 2.75) is 37.6 Å². The number of halogens is 2. The number of H-pyrrole nitrogens is 1. The number of fused-ring (bicyclic) bond motifs is 1. The highest BCUT2D eigenvalue weighted by atomic mass is 35.5. The summed E-state index contributed by atoms with van der Waals surface area (Å²) in [7, 11) is 0. The maximum absolute atomic E-state index is 13.3. The van der Waals surface area contributed by atoms with Gasteiger partial charge in [0, 0.05) is 17.8 Å². The Labute approximate surface area is 207 Å². The Balaban J connectivity index is 1.81. The minimum atomic E-state index is -1.51. The average molecular weight is 520 g/mol. The summed E-state index contributed by atoms with van der Waals surface area (Å²) in [5.41, 5.74) is -2.73. The normalized spacial score (nSPS) is 14.9. The Bertz CT molecular complexity index is 1420. The van der Waals surface area contributed by atoms with Crippen LogP contribution in [0.2, 0.25) is 10.0 Å². The lowest BCUT2D eigenvalue weighted by molar-refractivity contribution is -0.384. The van der Waals surface area contributed by atoms with Crippen molar-refractivity contribution in [2.75, 3.05) is 5.32 Å². The van der Waals surface area contributed by atoms with E-state index in [1.165, 1.54) is 12.1 Å². The van der Waals surface area contributed by atoms with Crippen molar-refractivity contribution >= 4 is 63.3 Å². The van der Waals surface area contributed by atoms with Gasteiger partial charge in [0.25, 0.3) is 17.2 Å². The smallest absolute Gasteiger partial charge is 0.329 e. The van der Waals surface area contributed by atoms with Crippen molar-refractivity contribution in [1.82, 2.24) is 15.3 Å². The van der Waals surface area contributed by atoms with Gasteiger partial charge in [-0.1, -0.05) is 42.5 Å². The standard InChI is InChI=1S/C22H19Cl2N5O6/c23-15-5-4-11(8-16(15)24)25-21-26-17-13(18(30)27-21)9-12(29(34)35)10-14(17)19(31)28-22(20(32)33)6-2-1-3-7-22/h4-5,8-10H,1-3,6-7H2,(H,28,31)(H,32,33)(H2,25,26,27,30). The van der Waals surface area contributed by atoms with Crippen molar-refractivity contribution in [1.29, 1.82) is 0 Å².